The summed E-state index contributed by atoms with van der Waals surface area (Å²) in [5.74, 6) is 1.03. The lowest BCUT2D eigenvalue weighted by Gasteiger charge is -2.31. The number of hydrogen-bond acceptors (Lipinski definition) is 5. The molecule has 7 nitrogen and oxygen atoms in total. The van der Waals surface area contributed by atoms with Gasteiger partial charge in [0.25, 0.3) is 0 Å². The van der Waals surface area contributed by atoms with E-state index < -0.39 is 0 Å². The molecular formula is C19H24N4O3. The predicted molar refractivity (Wildman–Crippen MR) is 94.9 cm³/mol. The zero-order valence-corrected chi connectivity index (χ0v) is 15.0. The Bertz CT molecular complexity index is 736. The molecule has 0 spiro atoms. The molecular weight excluding hydrogens is 332 g/mol. The molecule has 1 N–H and O–H groups in total. The standard InChI is InChI=1S/C19H24N4O3/c1-14-21-17(26-22-14)13-20-19(25)16-9-11-23(12-10-16)18(24)8-7-15-5-3-2-4-6-15/h2-6,16H,7-13H2,1H3,(H,20,25). The SMILES string of the molecule is Cc1noc(CNC(=O)C2CCN(C(=O)CCc3ccccc3)CC2)n1. The topological polar surface area (TPSA) is 88.3 Å². The minimum Gasteiger partial charge on any atom is -0.347 e. The quantitative estimate of drug-likeness (QED) is 0.853. The first-order valence-electron chi connectivity index (χ1n) is 9.00. The van der Waals surface area contributed by atoms with Gasteiger partial charge in [0.05, 0.1) is 6.54 Å². The average molecular weight is 356 g/mol. The van der Waals surface area contributed by atoms with E-state index in [1.807, 2.05) is 35.2 Å². The van der Waals surface area contributed by atoms with Crippen molar-refractivity contribution < 1.29 is 14.1 Å². The first kappa shape index (κ1) is 18.1. The summed E-state index contributed by atoms with van der Waals surface area (Å²) in [6.45, 7) is 3.24. The van der Waals surface area contributed by atoms with Gasteiger partial charge < -0.3 is 14.7 Å². The maximum atomic E-state index is 12.4. The maximum absolute atomic E-state index is 12.4. The molecule has 2 amide bonds. The van der Waals surface area contributed by atoms with Crippen molar-refractivity contribution in [3.63, 3.8) is 0 Å². The van der Waals surface area contributed by atoms with E-state index >= 15 is 0 Å². The first-order chi connectivity index (χ1) is 12.6. The fourth-order valence-corrected chi connectivity index (χ4v) is 3.16. The van der Waals surface area contributed by atoms with E-state index in [1.165, 1.54) is 5.56 Å². The van der Waals surface area contributed by atoms with Crippen molar-refractivity contribution in [3.05, 3.63) is 47.6 Å². The molecule has 0 saturated carbocycles. The van der Waals surface area contributed by atoms with Gasteiger partial charge in [-0.15, -0.1) is 0 Å². The molecule has 0 aliphatic carbocycles. The Labute approximate surface area is 152 Å². The highest BCUT2D eigenvalue weighted by Gasteiger charge is 2.27. The van der Waals surface area contributed by atoms with Crippen LogP contribution in [0.2, 0.25) is 0 Å². The lowest BCUT2D eigenvalue weighted by atomic mass is 9.95. The van der Waals surface area contributed by atoms with Gasteiger partial charge in [0.15, 0.2) is 5.82 Å². The predicted octanol–water partition coefficient (Wildman–Crippen LogP) is 1.87. The van der Waals surface area contributed by atoms with Crippen molar-refractivity contribution in [2.45, 2.75) is 39.2 Å². The summed E-state index contributed by atoms with van der Waals surface area (Å²) >= 11 is 0. The summed E-state index contributed by atoms with van der Waals surface area (Å²) in [4.78, 5) is 30.6. The summed E-state index contributed by atoms with van der Waals surface area (Å²) in [5.41, 5.74) is 1.17. The fraction of sp³-hybridized carbons (Fsp3) is 0.474. The molecule has 1 fully saturated rings. The van der Waals surface area contributed by atoms with Crippen LogP contribution in [0, 0.1) is 12.8 Å². The van der Waals surface area contributed by atoms with Crippen LogP contribution < -0.4 is 5.32 Å². The van der Waals surface area contributed by atoms with Crippen LogP contribution in [-0.4, -0.2) is 39.9 Å². The molecule has 1 aliphatic rings. The summed E-state index contributed by atoms with van der Waals surface area (Å²) in [5, 5.41) is 6.53. The number of benzene rings is 1. The number of carbonyl (C=O) groups is 2. The van der Waals surface area contributed by atoms with E-state index in [0.717, 1.165) is 6.42 Å². The lowest BCUT2D eigenvalue weighted by molar-refractivity contribution is -0.135. The molecule has 1 aromatic carbocycles. The summed E-state index contributed by atoms with van der Waals surface area (Å²) in [6.07, 6.45) is 2.64. The number of likely N-dealkylation sites (tertiary alicyclic amines) is 1. The fourth-order valence-electron chi connectivity index (χ4n) is 3.16. The maximum Gasteiger partial charge on any atom is 0.246 e. The summed E-state index contributed by atoms with van der Waals surface area (Å²) in [6, 6.07) is 10.0. The van der Waals surface area contributed by atoms with Crippen LogP contribution in [0.3, 0.4) is 0 Å². The number of aromatic nitrogens is 2. The smallest absolute Gasteiger partial charge is 0.246 e. The Kier molecular flexibility index (Phi) is 5.99. The summed E-state index contributed by atoms with van der Waals surface area (Å²) in [7, 11) is 0. The van der Waals surface area contributed by atoms with Crippen LogP contribution >= 0.6 is 0 Å². The number of hydrogen-bond donors (Lipinski definition) is 1. The van der Waals surface area contributed by atoms with Crippen LogP contribution in [0.25, 0.3) is 0 Å². The van der Waals surface area contributed by atoms with E-state index in [4.69, 9.17) is 4.52 Å². The van der Waals surface area contributed by atoms with Crippen molar-refractivity contribution in [3.8, 4) is 0 Å². The van der Waals surface area contributed by atoms with Crippen molar-refractivity contribution in [2.24, 2.45) is 5.92 Å². The van der Waals surface area contributed by atoms with E-state index in [-0.39, 0.29) is 24.3 Å². The molecule has 0 atom stereocenters. The normalized spacial score (nSPS) is 15.0. The third-order valence-electron chi connectivity index (χ3n) is 4.67. The molecule has 138 valence electrons. The Morgan fingerprint density at radius 1 is 1.23 bits per heavy atom. The molecule has 0 radical (unpaired) electrons. The average Bonchev–Trinajstić information content (AvgIpc) is 3.10. The largest absolute Gasteiger partial charge is 0.347 e. The van der Waals surface area contributed by atoms with Crippen LogP contribution in [0.5, 0.6) is 0 Å². The number of aryl methyl sites for hydroxylation is 2. The first-order valence-corrected chi connectivity index (χ1v) is 9.00. The second kappa shape index (κ2) is 8.60. The highest BCUT2D eigenvalue weighted by molar-refractivity contribution is 5.80. The number of rotatable bonds is 6. The zero-order chi connectivity index (χ0) is 18.4. The van der Waals surface area contributed by atoms with Gasteiger partial charge in [-0.25, -0.2) is 0 Å². The number of nitrogens with one attached hydrogen (secondary N) is 1. The molecule has 2 aromatic rings. The Morgan fingerprint density at radius 3 is 2.62 bits per heavy atom. The number of amides is 2. The van der Waals surface area contributed by atoms with Crippen molar-refractivity contribution in [1.29, 1.82) is 0 Å². The Hall–Kier alpha value is -2.70. The van der Waals surface area contributed by atoms with E-state index in [1.54, 1.807) is 6.92 Å². The lowest BCUT2D eigenvalue weighted by Crippen LogP contribution is -2.43. The zero-order valence-electron chi connectivity index (χ0n) is 15.0. The highest BCUT2D eigenvalue weighted by Crippen LogP contribution is 2.18. The van der Waals surface area contributed by atoms with Crippen LogP contribution in [0.4, 0.5) is 0 Å². The third kappa shape index (κ3) is 4.91. The minimum absolute atomic E-state index is 0.0164. The molecule has 1 aliphatic heterocycles. The second-order valence-corrected chi connectivity index (χ2v) is 6.59. The summed E-state index contributed by atoms with van der Waals surface area (Å²) < 4.78 is 4.99. The molecule has 1 saturated heterocycles. The van der Waals surface area contributed by atoms with Crippen molar-refractivity contribution >= 4 is 11.8 Å². The van der Waals surface area contributed by atoms with Gasteiger partial charge in [0.2, 0.25) is 17.7 Å². The monoisotopic (exact) mass is 356 g/mol. The van der Waals surface area contributed by atoms with Crippen LogP contribution in [0.15, 0.2) is 34.9 Å². The van der Waals surface area contributed by atoms with Gasteiger partial charge in [0, 0.05) is 25.4 Å². The number of carbonyl (C=O) groups excluding carboxylic acids is 2. The second-order valence-electron chi connectivity index (χ2n) is 6.59. The molecule has 0 bridgehead atoms. The molecule has 2 heterocycles. The van der Waals surface area contributed by atoms with Crippen molar-refractivity contribution in [2.75, 3.05) is 13.1 Å². The van der Waals surface area contributed by atoms with Gasteiger partial charge in [0.1, 0.15) is 0 Å². The van der Waals surface area contributed by atoms with E-state index in [2.05, 4.69) is 15.5 Å². The van der Waals surface area contributed by atoms with Gasteiger partial charge in [-0.3, -0.25) is 9.59 Å². The number of nitrogens with zero attached hydrogens (tertiary/aromatic N) is 3. The third-order valence-corrected chi connectivity index (χ3v) is 4.67. The minimum atomic E-state index is -0.0720. The van der Waals surface area contributed by atoms with E-state index in [9.17, 15) is 9.59 Å². The Balaban J connectivity index is 1.39. The van der Waals surface area contributed by atoms with Crippen LogP contribution in [0.1, 0.15) is 36.5 Å². The molecule has 3 rings (SSSR count). The van der Waals surface area contributed by atoms with E-state index in [0.29, 0.717) is 44.1 Å². The van der Waals surface area contributed by atoms with Crippen LogP contribution in [-0.2, 0) is 22.6 Å². The van der Waals surface area contributed by atoms with Gasteiger partial charge >= 0.3 is 0 Å². The van der Waals surface area contributed by atoms with Gasteiger partial charge in [-0.2, -0.15) is 4.98 Å². The highest BCUT2D eigenvalue weighted by atomic mass is 16.5. The number of piperidine rings is 1. The molecule has 7 heteroatoms. The van der Waals surface area contributed by atoms with Gasteiger partial charge in [-0.1, -0.05) is 35.5 Å². The van der Waals surface area contributed by atoms with Crippen molar-refractivity contribution in [1.82, 2.24) is 20.4 Å². The molecule has 1 aromatic heterocycles. The molecule has 26 heavy (non-hydrogen) atoms. The Morgan fingerprint density at radius 2 is 1.96 bits per heavy atom. The van der Waals surface area contributed by atoms with Gasteiger partial charge in [-0.05, 0) is 31.7 Å². The molecule has 0 unspecified atom stereocenters.